The standard InChI is InChI=1S/C30H8F12N6/c31-19-10(4-46)20(32)26(38)16(25(19)37)7(1-43)13-14(8(2-44)17-27(39)21(33)11(5-47)22(34)28(17)40)15(13)9(3-45)18-29(41)23(35)12(6-48)24(36)30(18)42/h1,5,43,47H2/b13-7-,14-8+,15-9?. The van der Waals surface area contributed by atoms with Crippen LogP contribution >= 0.6 is 0 Å². The quantitative estimate of drug-likeness (QED) is 0.185. The van der Waals surface area contributed by atoms with Crippen LogP contribution < -0.4 is 11.5 Å². The Morgan fingerprint density at radius 1 is 0.438 bits per heavy atom. The zero-order valence-electron chi connectivity index (χ0n) is 22.9. The van der Waals surface area contributed by atoms with Crippen LogP contribution in [-0.4, -0.2) is 6.54 Å². The Hall–Kier alpha value is -6.08. The molecule has 3 aromatic rings. The highest BCUT2D eigenvalue weighted by Gasteiger charge is 2.45. The van der Waals surface area contributed by atoms with E-state index in [-0.39, 0.29) is 0 Å². The van der Waals surface area contributed by atoms with Gasteiger partial charge in [-0.1, -0.05) is 0 Å². The van der Waals surface area contributed by atoms with Gasteiger partial charge in [0.25, 0.3) is 0 Å². The lowest BCUT2D eigenvalue weighted by Gasteiger charge is -2.11. The summed E-state index contributed by atoms with van der Waals surface area (Å²) in [6.07, 6.45) is 0. The number of nitriles is 4. The normalized spacial score (nSPS) is 15.3. The summed E-state index contributed by atoms with van der Waals surface area (Å²) in [5, 5.41) is 37.5. The van der Waals surface area contributed by atoms with Gasteiger partial charge in [0.1, 0.15) is 35.4 Å². The van der Waals surface area contributed by atoms with Crippen LogP contribution in [-0.2, 0) is 6.54 Å². The van der Waals surface area contributed by atoms with E-state index in [0.717, 1.165) is 24.3 Å². The molecule has 4 rings (SSSR count). The van der Waals surface area contributed by atoms with Gasteiger partial charge in [0.05, 0.1) is 27.8 Å². The molecule has 0 heterocycles. The van der Waals surface area contributed by atoms with Gasteiger partial charge < -0.3 is 11.5 Å². The van der Waals surface area contributed by atoms with E-state index < -0.39 is 150 Å². The predicted octanol–water partition coefficient (Wildman–Crippen LogP) is 6.24. The fourth-order valence-electron chi connectivity index (χ4n) is 4.81. The number of allylic oxidation sites excluding steroid dienone is 5. The Kier molecular flexibility index (Phi) is 9.14. The Morgan fingerprint density at radius 2 is 0.750 bits per heavy atom. The minimum atomic E-state index is -2.46. The Bertz CT molecular complexity index is 2190. The summed E-state index contributed by atoms with van der Waals surface area (Å²) in [7, 11) is 0. The molecule has 0 spiro atoms. The van der Waals surface area contributed by atoms with Crippen LogP contribution in [0.25, 0.3) is 16.7 Å². The fraction of sp³-hybridized carbons (Fsp3) is 0.0667. The van der Waals surface area contributed by atoms with Crippen LogP contribution in [0.15, 0.2) is 16.7 Å². The van der Waals surface area contributed by atoms with Gasteiger partial charge >= 0.3 is 0 Å². The van der Waals surface area contributed by atoms with E-state index in [0.29, 0.717) is 0 Å². The second-order valence-corrected chi connectivity index (χ2v) is 9.33. The summed E-state index contributed by atoms with van der Waals surface area (Å²) in [6.45, 7) is -2.46. The molecule has 1 saturated carbocycles. The summed E-state index contributed by atoms with van der Waals surface area (Å²) in [6, 6.07) is 3.76. The molecule has 0 bridgehead atoms. The Balaban J connectivity index is 2.36. The number of nitrogens with zero attached hydrogens (tertiary/aromatic N) is 4. The van der Waals surface area contributed by atoms with Crippen LogP contribution in [0.3, 0.4) is 0 Å². The van der Waals surface area contributed by atoms with Crippen molar-refractivity contribution in [2.24, 2.45) is 11.5 Å². The first kappa shape index (κ1) is 34.8. The first-order chi connectivity index (χ1) is 22.6. The van der Waals surface area contributed by atoms with Crippen LogP contribution in [0.4, 0.5) is 52.7 Å². The van der Waals surface area contributed by atoms with Gasteiger partial charge in [-0.25, -0.2) is 52.7 Å². The van der Waals surface area contributed by atoms with Gasteiger partial charge in [-0.05, 0) is 11.1 Å². The molecule has 4 N–H and O–H groups in total. The molecule has 0 amide bonds. The van der Waals surface area contributed by atoms with Gasteiger partial charge in [0.2, 0.25) is 0 Å². The number of nitrogens with two attached hydrogens (primary N) is 2. The van der Waals surface area contributed by atoms with Gasteiger partial charge in [-0.2, -0.15) is 21.0 Å². The van der Waals surface area contributed by atoms with E-state index in [1.165, 1.54) is 0 Å². The molecule has 6 nitrogen and oxygen atoms in total. The lowest BCUT2D eigenvalue weighted by atomic mass is 9.98. The zero-order chi connectivity index (χ0) is 36.1. The number of rotatable bonds is 5. The largest absolute Gasteiger partial charge is 0.326 e. The van der Waals surface area contributed by atoms with Crippen LogP contribution in [0, 0.1) is 115 Å². The van der Waals surface area contributed by atoms with Crippen molar-refractivity contribution in [3.8, 4) is 24.3 Å². The second kappa shape index (κ2) is 12.6. The third kappa shape index (κ3) is 4.83. The molecule has 0 atom stereocenters. The lowest BCUT2D eigenvalue weighted by Crippen LogP contribution is -2.12. The minimum absolute atomic E-state index is 0.806. The van der Waals surface area contributed by atoms with Crippen molar-refractivity contribution in [2.45, 2.75) is 6.54 Å². The Morgan fingerprint density at radius 3 is 1.02 bits per heavy atom. The number of hydrogen-bond acceptors (Lipinski definition) is 6. The van der Waals surface area contributed by atoms with Crippen molar-refractivity contribution in [1.82, 2.24) is 0 Å². The smallest absolute Gasteiger partial charge is 0.180 e. The van der Waals surface area contributed by atoms with E-state index in [9.17, 15) is 36.9 Å². The van der Waals surface area contributed by atoms with Gasteiger partial charge in [0.15, 0.2) is 69.8 Å². The van der Waals surface area contributed by atoms with Crippen molar-refractivity contribution in [3.05, 3.63) is 120 Å². The van der Waals surface area contributed by atoms with E-state index in [1.54, 1.807) is 0 Å². The van der Waals surface area contributed by atoms with Crippen molar-refractivity contribution in [3.63, 3.8) is 0 Å². The number of benzene rings is 3. The summed E-state index contributed by atoms with van der Waals surface area (Å²) in [5.74, 6) is -28.1. The summed E-state index contributed by atoms with van der Waals surface area (Å²) >= 11 is 0. The molecule has 1 aliphatic rings. The molecule has 3 aromatic carbocycles. The van der Waals surface area contributed by atoms with E-state index >= 15 is 26.3 Å². The molecular formula is C30H8F12N6. The average Bonchev–Trinajstić information content (AvgIpc) is 3.78. The maximum atomic E-state index is 15.2. The van der Waals surface area contributed by atoms with Gasteiger partial charge in [-0.3, -0.25) is 0 Å². The predicted molar refractivity (Wildman–Crippen MR) is 137 cm³/mol. The monoisotopic (exact) mass is 680 g/mol. The molecule has 0 aliphatic heterocycles. The topological polar surface area (TPSA) is 147 Å². The molecule has 48 heavy (non-hydrogen) atoms. The van der Waals surface area contributed by atoms with Crippen LogP contribution in [0.5, 0.6) is 0 Å². The average molecular weight is 680 g/mol. The summed E-state index contributed by atoms with van der Waals surface area (Å²) < 4.78 is 178. The molecular weight excluding hydrogens is 672 g/mol. The number of hydrogen-bond donors (Lipinski definition) is 2. The fourth-order valence-corrected chi connectivity index (χ4v) is 4.81. The second-order valence-electron chi connectivity index (χ2n) is 9.33. The number of halogens is 12. The van der Waals surface area contributed by atoms with E-state index in [1.807, 2.05) is 0 Å². The maximum Gasteiger partial charge on any atom is 0.180 e. The van der Waals surface area contributed by atoms with Crippen molar-refractivity contribution in [1.29, 1.82) is 21.0 Å². The third-order valence-corrected chi connectivity index (χ3v) is 7.03. The van der Waals surface area contributed by atoms with Crippen LogP contribution in [0.1, 0.15) is 33.4 Å². The summed E-state index contributed by atoms with van der Waals surface area (Å²) in [5.41, 5.74) is -8.23. The molecule has 0 radical (unpaired) electrons. The molecule has 0 unspecified atom stereocenters. The Labute approximate surface area is 259 Å². The molecule has 1 fully saturated rings. The SMILES string of the molecule is N#CC(=C1C(=C(\C#N)c2c(F)c(F)c(CN)c(F)c2F)/C1=C(\CN)c1c(F)c(F)c(C#N)c(F)c1F)c1c(F)c(F)c(C#N)c(F)c1F. The van der Waals surface area contributed by atoms with Gasteiger partial charge in [-0.15, -0.1) is 0 Å². The first-order valence-corrected chi connectivity index (χ1v) is 12.4. The molecule has 242 valence electrons. The van der Waals surface area contributed by atoms with E-state index in [2.05, 4.69) is 0 Å². The minimum Gasteiger partial charge on any atom is -0.326 e. The molecule has 18 heteroatoms. The third-order valence-electron chi connectivity index (χ3n) is 7.03. The first-order valence-electron chi connectivity index (χ1n) is 12.4. The van der Waals surface area contributed by atoms with Gasteiger partial charge in [0, 0.05) is 29.8 Å². The van der Waals surface area contributed by atoms with Crippen molar-refractivity contribution >= 4 is 16.7 Å². The highest BCUT2D eigenvalue weighted by molar-refractivity contribution is 6.10. The highest BCUT2D eigenvalue weighted by atomic mass is 19.2. The molecule has 1 aliphatic carbocycles. The zero-order valence-corrected chi connectivity index (χ0v) is 22.9. The van der Waals surface area contributed by atoms with E-state index in [4.69, 9.17) is 22.0 Å². The van der Waals surface area contributed by atoms with Crippen LogP contribution in [0.2, 0.25) is 0 Å². The molecule has 0 aromatic heterocycles. The van der Waals surface area contributed by atoms with Crippen molar-refractivity contribution < 1.29 is 52.7 Å². The molecule has 0 saturated heterocycles. The summed E-state index contributed by atoms with van der Waals surface area (Å²) in [4.78, 5) is 0. The lowest BCUT2D eigenvalue weighted by molar-refractivity contribution is 0.436. The maximum absolute atomic E-state index is 15.2. The highest BCUT2D eigenvalue weighted by Crippen LogP contribution is 2.57. The van der Waals surface area contributed by atoms with Crippen molar-refractivity contribution in [2.75, 3.05) is 6.54 Å².